The Kier molecular flexibility index (Phi) is 4.81. The summed E-state index contributed by atoms with van der Waals surface area (Å²) in [5.41, 5.74) is 3.20. The molecule has 1 heterocycles. The fourth-order valence-electron chi connectivity index (χ4n) is 4.49. The molecule has 2 aliphatic rings. The number of aliphatic carboxylic acids is 1. The summed E-state index contributed by atoms with van der Waals surface area (Å²) in [6.45, 7) is 0.477. The summed E-state index contributed by atoms with van der Waals surface area (Å²) in [4.78, 5) is 26.0. The van der Waals surface area contributed by atoms with Gasteiger partial charge in [-0.05, 0) is 35.1 Å². The Morgan fingerprint density at radius 2 is 1.71 bits per heavy atom. The Labute approximate surface area is 163 Å². The number of rotatable bonds is 5. The van der Waals surface area contributed by atoms with Crippen molar-refractivity contribution >= 4 is 12.1 Å². The summed E-state index contributed by atoms with van der Waals surface area (Å²) < 4.78 is 10.8. The number of amides is 1. The van der Waals surface area contributed by atoms with Crippen LogP contribution in [0, 0.1) is 0 Å². The highest BCUT2D eigenvalue weighted by Crippen LogP contribution is 2.44. The van der Waals surface area contributed by atoms with Gasteiger partial charge in [-0.1, -0.05) is 48.5 Å². The Hall–Kier alpha value is -2.86. The van der Waals surface area contributed by atoms with E-state index in [1.807, 2.05) is 24.3 Å². The van der Waals surface area contributed by atoms with Gasteiger partial charge in [-0.25, -0.2) is 9.59 Å². The molecule has 1 N–H and O–H groups in total. The van der Waals surface area contributed by atoms with Gasteiger partial charge in [0.15, 0.2) is 5.54 Å². The fraction of sp³-hybridized carbons (Fsp3) is 0.364. The maximum atomic E-state index is 12.8. The summed E-state index contributed by atoms with van der Waals surface area (Å²) in [7, 11) is 1.44. The van der Waals surface area contributed by atoms with Crippen molar-refractivity contribution in [1.29, 1.82) is 0 Å². The minimum Gasteiger partial charge on any atom is -0.479 e. The maximum absolute atomic E-state index is 12.8. The van der Waals surface area contributed by atoms with Gasteiger partial charge >= 0.3 is 12.1 Å². The van der Waals surface area contributed by atoms with E-state index in [9.17, 15) is 14.7 Å². The van der Waals surface area contributed by atoms with Crippen molar-refractivity contribution < 1.29 is 24.2 Å². The molecule has 0 aromatic heterocycles. The van der Waals surface area contributed by atoms with Crippen molar-refractivity contribution in [3.63, 3.8) is 0 Å². The summed E-state index contributed by atoms with van der Waals surface area (Å²) in [5.74, 6) is -1.11. The Morgan fingerprint density at radius 3 is 2.29 bits per heavy atom. The highest BCUT2D eigenvalue weighted by atomic mass is 16.6. The van der Waals surface area contributed by atoms with Gasteiger partial charge in [0.2, 0.25) is 0 Å². The van der Waals surface area contributed by atoms with Gasteiger partial charge in [0.05, 0.1) is 6.61 Å². The van der Waals surface area contributed by atoms with Crippen LogP contribution in [0.2, 0.25) is 0 Å². The van der Waals surface area contributed by atoms with Crippen LogP contribution in [0.3, 0.4) is 0 Å². The highest BCUT2D eigenvalue weighted by molar-refractivity contribution is 5.85. The van der Waals surface area contributed by atoms with Crippen molar-refractivity contribution in [1.82, 2.24) is 4.90 Å². The molecule has 146 valence electrons. The number of nitrogens with zero attached hydrogens (tertiary/aromatic N) is 1. The van der Waals surface area contributed by atoms with Crippen LogP contribution in [0.5, 0.6) is 0 Å². The third-order valence-corrected chi connectivity index (χ3v) is 5.83. The van der Waals surface area contributed by atoms with E-state index >= 15 is 0 Å². The van der Waals surface area contributed by atoms with E-state index < -0.39 is 17.6 Å². The number of ether oxygens (including phenoxy) is 2. The van der Waals surface area contributed by atoms with E-state index in [0.29, 0.717) is 19.4 Å². The average Bonchev–Trinajstić information content (AvgIpc) is 3.27. The van der Waals surface area contributed by atoms with Crippen molar-refractivity contribution in [2.45, 2.75) is 24.3 Å². The van der Waals surface area contributed by atoms with Crippen molar-refractivity contribution in [2.24, 2.45) is 0 Å². The minimum absolute atomic E-state index is 0.0491. The van der Waals surface area contributed by atoms with Crippen LogP contribution >= 0.6 is 0 Å². The summed E-state index contributed by atoms with van der Waals surface area (Å²) in [6.07, 6.45) is 0.374. The minimum atomic E-state index is -1.35. The molecule has 6 nitrogen and oxygen atoms in total. The fourth-order valence-corrected chi connectivity index (χ4v) is 4.49. The molecule has 1 aliphatic carbocycles. The first-order valence-corrected chi connectivity index (χ1v) is 9.43. The van der Waals surface area contributed by atoms with E-state index in [1.165, 1.54) is 12.0 Å². The molecule has 6 heteroatoms. The van der Waals surface area contributed by atoms with Gasteiger partial charge in [0.25, 0.3) is 0 Å². The number of methoxy groups -OCH3 is 1. The number of carbonyl (C=O) groups is 2. The lowest BCUT2D eigenvalue weighted by atomic mass is 9.97. The first-order chi connectivity index (χ1) is 13.6. The second-order valence-corrected chi connectivity index (χ2v) is 7.33. The molecule has 0 bridgehead atoms. The number of carbonyl (C=O) groups excluding carboxylic acids is 1. The normalized spacial score (nSPS) is 20.7. The predicted molar refractivity (Wildman–Crippen MR) is 103 cm³/mol. The molecule has 2 aromatic rings. The number of hydrogen-bond acceptors (Lipinski definition) is 4. The number of carboxylic acids is 1. The SMILES string of the molecule is COC[C@]1(C(=O)O)CCCN1C(=O)OCC1c2ccccc2-c2ccccc21. The van der Waals surface area contributed by atoms with Crippen LogP contribution in [0.1, 0.15) is 29.9 Å². The zero-order chi connectivity index (χ0) is 19.7. The van der Waals surface area contributed by atoms with Gasteiger partial charge in [-0.2, -0.15) is 0 Å². The van der Waals surface area contributed by atoms with Gasteiger partial charge in [-0.3, -0.25) is 4.90 Å². The zero-order valence-corrected chi connectivity index (χ0v) is 15.8. The second-order valence-electron chi connectivity index (χ2n) is 7.33. The van der Waals surface area contributed by atoms with Crippen LogP contribution in [-0.4, -0.2) is 54.5 Å². The third-order valence-electron chi connectivity index (χ3n) is 5.83. The second kappa shape index (κ2) is 7.28. The largest absolute Gasteiger partial charge is 0.479 e. The molecule has 1 aliphatic heterocycles. The summed E-state index contributed by atoms with van der Waals surface area (Å²) in [6, 6.07) is 16.2. The van der Waals surface area contributed by atoms with Crippen LogP contribution < -0.4 is 0 Å². The van der Waals surface area contributed by atoms with E-state index in [2.05, 4.69) is 24.3 Å². The zero-order valence-electron chi connectivity index (χ0n) is 15.8. The Morgan fingerprint density at radius 1 is 1.11 bits per heavy atom. The summed E-state index contributed by atoms with van der Waals surface area (Å²) in [5, 5.41) is 9.72. The topological polar surface area (TPSA) is 76.1 Å². The lowest BCUT2D eigenvalue weighted by Gasteiger charge is -2.33. The molecule has 0 unspecified atom stereocenters. The monoisotopic (exact) mass is 381 g/mol. The highest BCUT2D eigenvalue weighted by Gasteiger charge is 2.51. The standard InChI is InChI=1S/C22H23NO5/c1-27-14-22(20(24)25)11-6-12-23(22)21(26)28-13-19-17-9-4-2-7-15(17)16-8-3-5-10-18(16)19/h2-5,7-10,19H,6,11-14H2,1H3,(H,24,25)/t22-/m0/s1. The first-order valence-electron chi connectivity index (χ1n) is 9.43. The van der Waals surface area contributed by atoms with Gasteiger partial charge in [0.1, 0.15) is 6.61 Å². The van der Waals surface area contributed by atoms with E-state index in [-0.39, 0.29) is 19.1 Å². The van der Waals surface area contributed by atoms with Crippen LogP contribution in [0.15, 0.2) is 48.5 Å². The van der Waals surface area contributed by atoms with Gasteiger partial charge < -0.3 is 14.6 Å². The lowest BCUT2D eigenvalue weighted by Crippen LogP contribution is -2.56. The quantitative estimate of drug-likeness (QED) is 0.858. The van der Waals surface area contributed by atoms with Crippen LogP contribution in [0.4, 0.5) is 4.79 Å². The first kappa shape index (κ1) is 18.5. The smallest absolute Gasteiger partial charge is 0.410 e. The predicted octanol–water partition coefficient (Wildman–Crippen LogP) is 3.50. The number of carboxylic acid groups (broad SMARTS) is 1. The van der Waals surface area contributed by atoms with Gasteiger partial charge in [-0.15, -0.1) is 0 Å². The van der Waals surface area contributed by atoms with E-state index in [1.54, 1.807) is 0 Å². The summed E-state index contributed by atoms with van der Waals surface area (Å²) >= 11 is 0. The molecule has 2 aromatic carbocycles. The number of likely N-dealkylation sites (tertiary alicyclic amines) is 1. The molecule has 0 radical (unpaired) electrons. The maximum Gasteiger partial charge on any atom is 0.410 e. The molecule has 1 atom stereocenters. The molecule has 28 heavy (non-hydrogen) atoms. The number of fused-ring (bicyclic) bond motifs is 3. The molecule has 1 saturated heterocycles. The van der Waals surface area contributed by atoms with Gasteiger partial charge in [0, 0.05) is 19.6 Å². The van der Waals surface area contributed by atoms with Crippen molar-refractivity contribution in [3.8, 4) is 11.1 Å². The molecular formula is C22H23NO5. The molecule has 0 saturated carbocycles. The van der Waals surface area contributed by atoms with Crippen LogP contribution in [0.25, 0.3) is 11.1 Å². The lowest BCUT2D eigenvalue weighted by molar-refractivity contribution is -0.152. The van der Waals surface area contributed by atoms with E-state index in [4.69, 9.17) is 9.47 Å². The molecule has 1 fully saturated rings. The van der Waals surface area contributed by atoms with Crippen molar-refractivity contribution in [3.05, 3.63) is 59.7 Å². The average molecular weight is 381 g/mol. The Balaban J connectivity index is 1.55. The van der Waals surface area contributed by atoms with Crippen LogP contribution in [-0.2, 0) is 14.3 Å². The molecule has 1 amide bonds. The Bertz CT molecular complexity index is 866. The molecular weight excluding hydrogens is 358 g/mol. The molecule has 4 rings (SSSR count). The van der Waals surface area contributed by atoms with E-state index in [0.717, 1.165) is 22.3 Å². The van der Waals surface area contributed by atoms with Crippen molar-refractivity contribution in [2.75, 3.05) is 26.9 Å². The number of hydrogen-bond donors (Lipinski definition) is 1. The third kappa shape index (κ3) is 2.85. The number of benzene rings is 2. The molecule has 0 spiro atoms.